The highest BCUT2D eigenvalue weighted by molar-refractivity contribution is 6.08. The average Bonchev–Trinajstić information content (AvgIpc) is 2.54. The molecule has 0 spiro atoms. The molecule has 2 aromatic rings. The summed E-state index contributed by atoms with van der Waals surface area (Å²) in [4.78, 5) is 16.3. The van der Waals surface area contributed by atoms with Crippen LogP contribution in [0.2, 0.25) is 0 Å². The van der Waals surface area contributed by atoms with E-state index in [-0.39, 0.29) is 5.91 Å². The highest BCUT2D eigenvalue weighted by Crippen LogP contribution is 2.19. The van der Waals surface area contributed by atoms with E-state index < -0.39 is 0 Å². The van der Waals surface area contributed by atoms with Gasteiger partial charge < -0.3 is 15.5 Å². The average molecular weight is 286 g/mol. The standard InChI is InChI=1S/C15H18N4O2/c1-21-9-7-11-4-2-3-5-13(11)18-15(20)12-10-17-8-6-14(12)19-16/h2-6,8,10H,7,9,16H2,1H3,(H,17,19)(H,18,20). The van der Waals surface area contributed by atoms with Gasteiger partial charge in [0.1, 0.15) is 0 Å². The number of rotatable bonds is 6. The number of anilines is 2. The van der Waals surface area contributed by atoms with Crippen molar-refractivity contribution in [2.75, 3.05) is 24.5 Å². The summed E-state index contributed by atoms with van der Waals surface area (Å²) in [6.45, 7) is 0.593. The van der Waals surface area contributed by atoms with Crippen LogP contribution < -0.4 is 16.6 Å². The number of methoxy groups -OCH3 is 1. The second kappa shape index (κ2) is 7.37. The number of nitrogen functional groups attached to an aromatic ring is 1. The first-order valence-corrected chi connectivity index (χ1v) is 6.55. The maximum absolute atomic E-state index is 12.3. The second-order valence-electron chi connectivity index (χ2n) is 4.42. The number of nitrogens with zero attached hydrogens (tertiary/aromatic N) is 1. The lowest BCUT2D eigenvalue weighted by Crippen LogP contribution is -2.18. The van der Waals surface area contributed by atoms with Crippen molar-refractivity contribution in [3.8, 4) is 0 Å². The fourth-order valence-electron chi connectivity index (χ4n) is 1.96. The van der Waals surface area contributed by atoms with Gasteiger partial charge in [0.05, 0.1) is 17.9 Å². The fraction of sp³-hybridized carbons (Fsp3) is 0.200. The Bertz CT molecular complexity index is 616. The van der Waals surface area contributed by atoms with E-state index in [0.29, 0.717) is 17.9 Å². The number of hydrogen-bond acceptors (Lipinski definition) is 5. The summed E-state index contributed by atoms with van der Waals surface area (Å²) in [7, 11) is 1.65. The monoisotopic (exact) mass is 286 g/mol. The maximum atomic E-state index is 12.3. The first kappa shape index (κ1) is 15.0. The number of benzene rings is 1. The number of hydrazine groups is 1. The molecule has 1 amide bonds. The van der Waals surface area contributed by atoms with E-state index in [1.54, 1.807) is 19.4 Å². The van der Waals surface area contributed by atoms with Crippen LogP contribution in [-0.2, 0) is 11.2 Å². The van der Waals surface area contributed by atoms with Gasteiger partial charge >= 0.3 is 0 Å². The number of para-hydroxylation sites is 1. The van der Waals surface area contributed by atoms with Crippen LogP contribution in [0.25, 0.3) is 0 Å². The summed E-state index contributed by atoms with van der Waals surface area (Å²) in [5, 5.41) is 2.88. The number of pyridine rings is 1. The Balaban J connectivity index is 2.19. The van der Waals surface area contributed by atoms with Crippen LogP contribution in [0, 0.1) is 0 Å². The largest absolute Gasteiger partial charge is 0.384 e. The van der Waals surface area contributed by atoms with Gasteiger partial charge in [0, 0.05) is 25.2 Å². The molecule has 0 fully saturated rings. The quantitative estimate of drug-likeness (QED) is 0.556. The molecule has 0 unspecified atom stereocenters. The van der Waals surface area contributed by atoms with E-state index in [4.69, 9.17) is 10.6 Å². The molecule has 0 aliphatic carbocycles. The van der Waals surface area contributed by atoms with E-state index >= 15 is 0 Å². The highest BCUT2D eigenvalue weighted by Gasteiger charge is 2.12. The molecule has 6 nitrogen and oxygen atoms in total. The molecular weight excluding hydrogens is 268 g/mol. The Labute approximate surface area is 123 Å². The number of amides is 1. The summed E-state index contributed by atoms with van der Waals surface area (Å²) >= 11 is 0. The van der Waals surface area contributed by atoms with Crippen LogP contribution in [0.1, 0.15) is 15.9 Å². The summed E-state index contributed by atoms with van der Waals surface area (Å²) in [5.74, 6) is 5.14. The zero-order valence-corrected chi connectivity index (χ0v) is 11.8. The molecule has 0 aliphatic heterocycles. The van der Waals surface area contributed by atoms with Crippen LogP contribution in [-0.4, -0.2) is 24.6 Å². The Hall–Kier alpha value is -2.44. The Morgan fingerprint density at radius 1 is 1.29 bits per heavy atom. The van der Waals surface area contributed by atoms with Gasteiger partial charge in [0.25, 0.3) is 5.91 Å². The zero-order chi connectivity index (χ0) is 15.1. The summed E-state index contributed by atoms with van der Waals surface area (Å²) in [6.07, 6.45) is 3.77. The van der Waals surface area contributed by atoms with Gasteiger partial charge in [0.2, 0.25) is 0 Å². The number of ether oxygens (including phenoxy) is 1. The minimum atomic E-state index is -0.263. The van der Waals surface area contributed by atoms with E-state index in [9.17, 15) is 4.79 Å². The molecule has 21 heavy (non-hydrogen) atoms. The summed E-state index contributed by atoms with van der Waals surface area (Å²) in [5.41, 5.74) is 5.17. The van der Waals surface area contributed by atoms with Gasteiger partial charge in [-0.25, -0.2) is 0 Å². The summed E-state index contributed by atoms with van der Waals surface area (Å²) < 4.78 is 5.08. The topological polar surface area (TPSA) is 89.3 Å². The summed E-state index contributed by atoms with van der Waals surface area (Å²) in [6, 6.07) is 9.26. The highest BCUT2D eigenvalue weighted by atomic mass is 16.5. The normalized spacial score (nSPS) is 10.2. The third-order valence-corrected chi connectivity index (χ3v) is 3.06. The van der Waals surface area contributed by atoms with Gasteiger partial charge in [-0.05, 0) is 24.1 Å². The molecule has 0 saturated carbocycles. The first-order valence-electron chi connectivity index (χ1n) is 6.55. The number of carbonyl (C=O) groups is 1. The number of nitrogens with one attached hydrogen (secondary N) is 2. The van der Waals surface area contributed by atoms with E-state index in [1.807, 2.05) is 24.3 Å². The zero-order valence-electron chi connectivity index (χ0n) is 11.8. The van der Waals surface area contributed by atoms with Crippen molar-refractivity contribution >= 4 is 17.3 Å². The molecular formula is C15H18N4O2. The first-order chi connectivity index (χ1) is 10.3. The van der Waals surface area contributed by atoms with Crippen molar-refractivity contribution in [3.05, 3.63) is 53.9 Å². The minimum Gasteiger partial charge on any atom is -0.384 e. The third-order valence-electron chi connectivity index (χ3n) is 3.06. The van der Waals surface area contributed by atoms with Gasteiger partial charge in [-0.2, -0.15) is 0 Å². The lowest BCUT2D eigenvalue weighted by atomic mass is 10.1. The van der Waals surface area contributed by atoms with Gasteiger partial charge in [0.15, 0.2) is 0 Å². The lowest BCUT2D eigenvalue weighted by Gasteiger charge is -2.12. The predicted molar refractivity (Wildman–Crippen MR) is 82.0 cm³/mol. The van der Waals surface area contributed by atoms with Gasteiger partial charge in [-0.3, -0.25) is 15.6 Å². The molecule has 0 aliphatic rings. The number of nitrogens with two attached hydrogens (primary N) is 1. The van der Waals surface area contributed by atoms with Crippen molar-refractivity contribution in [2.24, 2.45) is 5.84 Å². The van der Waals surface area contributed by atoms with Crippen LogP contribution in [0.15, 0.2) is 42.7 Å². The molecule has 0 saturated heterocycles. The molecule has 0 radical (unpaired) electrons. The molecule has 6 heteroatoms. The molecule has 1 aromatic heterocycles. The van der Waals surface area contributed by atoms with E-state index in [0.717, 1.165) is 17.7 Å². The smallest absolute Gasteiger partial charge is 0.259 e. The van der Waals surface area contributed by atoms with Crippen LogP contribution in [0.3, 0.4) is 0 Å². The third kappa shape index (κ3) is 3.77. The van der Waals surface area contributed by atoms with E-state index in [2.05, 4.69) is 15.7 Å². The molecule has 110 valence electrons. The van der Waals surface area contributed by atoms with Crippen molar-refractivity contribution in [1.82, 2.24) is 4.98 Å². The predicted octanol–water partition coefficient (Wildman–Crippen LogP) is 1.81. The van der Waals surface area contributed by atoms with Crippen LogP contribution >= 0.6 is 0 Å². The Morgan fingerprint density at radius 3 is 2.86 bits per heavy atom. The van der Waals surface area contributed by atoms with Crippen molar-refractivity contribution in [3.63, 3.8) is 0 Å². The SMILES string of the molecule is COCCc1ccccc1NC(=O)c1cnccc1NN. The van der Waals surface area contributed by atoms with Crippen molar-refractivity contribution in [2.45, 2.75) is 6.42 Å². The molecule has 1 heterocycles. The molecule has 0 atom stereocenters. The van der Waals surface area contributed by atoms with E-state index in [1.165, 1.54) is 6.20 Å². The molecule has 2 rings (SSSR count). The number of carbonyl (C=O) groups excluding carboxylic acids is 1. The minimum absolute atomic E-state index is 0.263. The van der Waals surface area contributed by atoms with Crippen molar-refractivity contribution in [1.29, 1.82) is 0 Å². The molecule has 0 bridgehead atoms. The second-order valence-corrected chi connectivity index (χ2v) is 4.42. The lowest BCUT2D eigenvalue weighted by molar-refractivity contribution is 0.102. The van der Waals surface area contributed by atoms with Gasteiger partial charge in [-0.1, -0.05) is 18.2 Å². The Kier molecular flexibility index (Phi) is 5.25. The molecule has 4 N–H and O–H groups in total. The number of aromatic nitrogens is 1. The van der Waals surface area contributed by atoms with Crippen molar-refractivity contribution < 1.29 is 9.53 Å². The van der Waals surface area contributed by atoms with Gasteiger partial charge in [-0.15, -0.1) is 0 Å². The number of hydrogen-bond donors (Lipinski definition) is 3. The maximum Gasteiger partial charge on any atom is 0.259 e. The molecule has 1 aromatic carbocycles. The van der Waals surface area contributed by atoms with Crippen LogP contribution in [0.5, 0.6) is 0 Å². The Morgan fingerprint density at radius 2 is 2.10 bits per heavy atom. The van der Waals surface area contributed by atoms with Crippen LogP contribution in [0.4, 0.5) is 11.4 Å². The fourth-order valence-corrected chi connectivity index (χ4v) is 1.96.